The Kier molecular flexibility index (Phi) is 34.3. The van der Waals surface area contributed by atoms with Crippen LogP contribution in [-0.2, 0) is 23.8 Å². The number of ether oxygens (including phenoxy) is 3. The predicted molar refractivity (Wildman–Crippen MR) is 195 cm³/mol. The Hall–Kier alpha value is -1.14. The maximum Gasteiger partial charge on any atom is 0.306 e. The Bertz CT molecular complexity index is 642. The molecule has 0 aromatic heterocycles. The number of hydrogen-bond donors (Lipinski definition) is 0. The van der Waals surface area contributed by atoms with Crippen LogP contribution in [0.1, 0.15) is 201 Å². The van der Waals surface area contributed by atoms with E-state index in [2.05, 4.69) is 32.6 Å². The van der Waals surface area contributed by atoms with Gasteiger partial charge in [-0.3, -0.25) is 9.59 Å². The molecule has 0 aliphatic carbocycles. The van der Waals surface area contributed by atoms with Crippen LogP contribution < -0.4 is 0 Å². The highest BCUT2D eigenvalue weighted by Gasteiger charge is 2.17. The van der Waals surface area contributed by atoms with Gasteiger partial charge < -0.3 is 19.1 Å². The molecular formula is C40H79NO5. The van der Waals surface area contributed by atoms with Crippen molar-refractivity contribution in [1.29, 1.82) is 0 Å². The lowest BCUT2D eigenvalue weighted by molar-refractivity contribution is -0.150. The van der Waals surface area contributed by atoms with E-state index in [-0.39, 0.29) is 24.1 Å². The highest BCUT2D eigenvalue weighted by atomic mass is 16.5. The van der Waals surface area contributed by atoms with E-state index < -0.39 is 0 Å². The Labute approximate surface area is 286 Å². The van der Waals surface area contributed by atoms with Crippen LogP contribution in [0.3, 0.4) is 0 Å². The minimum Gasteiger partial charge on any atom is -0.462 e. The monoisotopic (exact) mass is 654 g/mol. The van der Waals surface area contributed by atoms with E-state index in [1.54, 1.807) is 7.11 Å². The van der Waals surface area contributed by atoms with E-state index >= 15 is 0 Å². The number of carbonyl (C=O) groups is 2. The van der Waals surface area contributed by atoms with Gasteiger partial charge in [-0.25, -0.2) is 0 Å². The summed E-state index contributed by atoms with van der Waals surface area (Å²) in [5.41, 5.74) is 0. The number of carbonyl (C=O) groups excluding carboxylic acids is 2. The summed E-state index contributed by atoms with van der Waals surface area (Å²) in [7, 11) is 1.72. The van der Waals surface area contributed by atoms with Gasteiger partial charge in [0.2, 0.25) is 0 Å². The molecule has 6 nitrogen and oxygen atoms in total. The van der Waals surface area contributed by atoms with Crippen molar-refractivity contribution in [1.82, 2.24) is 4.90 Å². The predicted octanol–water partition coefficient (Wildman–Crippen LogP) is 11.4. The zero-order valence-corrected chi connectivity index (χ0v) is 31.6. The molecule has 0 radical (unpaired) electrons. The number of unbranched alkanes of at least 4 members (excludes halogenated alkanes) is 15. The first-order valence-electron chi connectivity index (χ1n) is 20.1. The van der Waals surface area contributed by atoms with Crippen molar-refractivity contribution in [2.45, 2.75) is 213 Å². The first kappa shape index (κ1) is 44.9. The fourth-order valence-electron chi connectivity index (χ4n) is 6.24. The molecule has 0 aliphatic rings. The molecule has 0 aromatic rings. The fourth-order valence-corrected chi connectivity index (χ4v) is 6.24. The molecule has 0 heterocycles. The summed E-state index contributed by atoms with van der Waals surface area (Å²) >= 11 is 0. The molecule has 0 rings (SSSR count). The highest BCUT2D eigenvalue weighted by molar-refractivity contribution is 5.69. The number of nitrogens with zero attached hydrogens (tertiary/aromatic N) is 1. The maximum atomic E-state index is 12.9. The molecule has 0 spiro atoms. The Balaban J connectivity index is 4.56. The van der Waals surface area contributed by atoms with Crippen LogP contribution in [0.25, 0.3) is 0 Å². The zero-order valence-electron chi connectivity index (χ0n) is 31.6. The standard InChI is InChI=1S/C40H79NO5/c1-6-10-13-16-19-22-28-37(27-9-4)45-39(42)31-25-33-41(35-36-44-5)34-26-32-40(43)46-38(29-23-20-17-14-11-7-2)30-24-21-18-15-12-8-3/h37-38H,6-36H2,1-5H3. The number of methoxy groups -OCH3 is 1. The van der Waals surface area contributed by atoms with Crippen LogP contribution in [0.5, 0.6) is 0 Å². The quantitative estimate of drug-likeness (QED) is 0.0495. The summed E-state index contributed by atoms with van der Waals surface area (Å²) < 4.78 is 17.3. The van der Waals surface area contributed by atoms with E-state index in [4.69, 9.17) is 14.2 Å². The average Bonchev–Trinajstić information content (AvgIpc) is 3.04. The third kappa shape index (κ3) is 30.2. The molecule has 6 heteroatoms. The lowest BCUT2D eigenvalue weighted by Crippen LogP contribution is -2.31. The van der Waals surface area contributed by atoms with Crippen molar-refractivity contribution < 1.29 is 23.8 Å². The van der Waals surface area contributed by atoms with Crippen molar-refractivity contribution in [2.24, 2.45) is 0 Å². The maximum absolute atomic E-state index is 12.9. The van der Waals surface area contributed by atoms with Gasteiger partial charge in [0.05, 0.1) is 6.61 Å². The summed E-state index contributed by atoms with van der Waals surface area (Å²) in [4.78, 5) is 27.8. The van der Waals surface area contributed by atoms with Crippen LogP contribution in [0.15, 0.2) is 0 Å². The molecule has 0 amide bonds. The average molecular weight is 654 g/mol. The molecule has 1 atom stereocenters. The summed E-state index contributed by atoms with van der Waals surface area (Å²) in [6.45, 7) is 12.0. The van der Waals surface area contributed by atoms with Crippen molar-refractivity contribution >= 4 is 11.9 Å². The van der Waals surface area contributed by atoms with Crippen LogP contribution >= 0.6 is 0 Å². The summed E-state index contributed by atoms with van der Waals surface area (Å²) in [5, 5.41) is 0. The van der Waals surface area contributed by atoms with Gasteiger partial charge in [0.1, 0.15) is 12.2 Å². The van der Waals surface area contributed by atoms with Gasteiger partial charge in [-0.05, 0) is 70.9 Å². The van der Waals surface area contributed by atoms with Gasteiger partial charge in [0.15, 0.2) is 0 Å². The number of esters is 2. The minimum absolute atomic E-state index is 0.0513. The van der Waals surface area contributed by atoms with E-state index in [9.17, 15) is 9.59 Å². The first-order chi connectivity index (χ1) is 22.5. The van der Waals surface area contributed by atoms with Crippen molar-refractivity contribution in [3.05, 3.63) is 0 Å². The minimum atomic E-state index is -0.0681. The number of rotatable bonds is 36. The second-order valence-electron chi connectivity index (χ2n) is 13.7. The van der Waals surface area contributed by atoms with Gasteiger partial charge in [0.25, 0.3) is 0 Å². The highest BCUT2D eigenvalue weighted by Crippen LogP contribution is 2.18. The molecule has 0 fully saturated rings. The molecule has 0 bridgehead atoms. The normalized spacial score (nSPS) is 12.2. The van der Waals surface area contributed by atoms with Gasteiger partial charge in [-0.15, -0.1) is 0 Å². The number of hydrogen-bond acceptors (Lipinski definition) is 6. The van der Waals surface area contributed by atoms with Crippen molar-refractivity contribution in [3.8, 4) is 0 Å². The molecule has 1 unspecified atom stereocenters. The largest absolute Gasteiger partial charge is 0.462 e. The van der Waals surface area contributed by atoms with Gasteiger partial charge >= 0.3 is 11.9 Å². The van der Waals surface area contributed by atoms with Gasteiger partial charge in [-0.1, -0.05) is 130 Å². The van der Waals surface area contributed by atoms with E-state index in [1.165, 1.54) is 96.3 Å². The van der Waals surface area contributed by atoms with Crippen LogP contribution in [0, 0.1) is 0 Å². The molecule has 46 heavy (non-hydrogen) atoms. The van der Waals surface area contributed by atoms with Gasteiger partial charge in [-0.2, -0.15) is 0 Å². The first-order valence-corrected chi connectivity index (χ1v) is 20.1. The smallest absolute Gasteiger partial charge is 0.306 e. The second kappa shape index (κ2) is 35.2. The van der Waals surface area contributed by atoms with E-state index in [1.807, 2.05) is 0 Å². The van der Waals surface area contributed by atoms with Crippen LogP contribution in [0.4, 0.5) is 0 Å². The molecular weight excluding hydrogens is 574 g/mol. The SMILES string of the molecule is CCCCCCCCC(CCC)OC(=O)CCCN(CCCC(=O)OC(CCCCCCCC)CCCCCCCC)CCOC. The summed E-state index contributed by atoms with van der Waals surface area (Å²) in [5.74, 6) is -0.119. The topological polar surface area (TPSA) is 65.1 Å². The van der Waals surface area contributed by atoms with E-state index in [0.29, 0.717) is 19.4 Å². The Morgan fingerprint density at radius 2 is 0.826 bits per heavy atom. The second-order valence-corrected chi connectivity index (χ2v) is 13.7. The fraction of sp³-hybridized carbons (Fsp3) is 0.950. The van der Waals surface area contributed by atoms with Crippen molar-refractivity contribution in [2.75, 3.05) is 33.4 Å². The third-order valence-electron chi connectivity index (χ3n) is 9.17. The molecule has 0 saturated carbocycles. The summed E-state index contributed by atoms with van der Waals surface area (Å²) in [6, 6.07) is 0. The third-order valence-corrected chi connectivity index (χ3v) is 9.17. The van der Waals surface area contributed by atoms with E-state index in [0.717, 1.165) is 83.8 Å². The Morgan fingerprint density at radius 3 is 1.20 bits per heavy atom. The molecule has 274 valence electrons. The molecule has 0 N–H and O–H groups in total. The lowest BCUT2D eigenvalue weighted by atomic mass is 10.0. The Morgan fingerprint density at radius 1 is 0.457 bits per heavy atom. The van der Waals surface area contributed by atoms with Crippen molar-refractivity contribution in [3.63, 3.8) is 0 Å². The zero-order chi connectivity index (χ0) is 33.9. The summed E-state index contributed by atoms with van der Waals surface area (Å²) in [6.07, 6.45) is 30.3. The molecule has 0 aliphatic heterocycles. The van der Waals surface area contributed by atoms with Crippen LogP contribution in [-0.4, -0.2) is 62.4 Å². The lowest BCUT2D eigenvalue weighted by Gasteiger charge is -2.23. The van der Waals surface area contributed by atoms with Gasteiger partial charge in [0, 0.05) is 26.5 Å². The molecule has 0 saturated heterocycles. The molecule has 0 aromatic carbocycles. The van der Waals surface area contributed by atoms with Crippen LogP contribution in [0.2, 0.25) is 0 Å².